The lowest BCUT2D eigenvalue weighted by Crippen LogP contribution is -2.49. The average molecular weight is 370 g/mol. The summed E-state index contributed by atoms with van der Waals surface area (Å²) in [6, 6.07) is 1.95. The Morgan fingerprint density at radius 1 is 1.16 bits per heavy atom. The maximum absolute atomic E-state index is 12.8. The molecule has 1 N–H and O–H groups in total. The number of amides is 2. The maximum atomic E-state index is 12.8. The van der Waals surface area contributed by atoms with Crippen molar-refractivity contribution in [2.24, 2.45) is 0 Å². The number of anilines is 1. The molecule has 25 heavy (non-hydrogen) atoms. The Morgan fingerprint density at radius 3 is 2.36 bits per heavy atom. The van der Waals surface area contributed by atoms with Crippen LogP contribution in [0.1, 0.15) is 18.4 Å². The summed E-state index contributed by atoms with van der Waals surface area (Å²) in [4.78, 5) is 12.8. The lowest BCUT2D eigenvalue weighted by atomic mass is 10.1. The van der Waals surface area contributed by atoms with Crippen molar-refractivity contribution in [2.75, 3.05) is 25.1 Å². The van der Waals surface area contributed by atoms with Crippen LogP contribution in [-0.2, 0) is 10.9 Å². The molecule has 0 saturated carbocycles. The number of benzene rings is 1. The highest BCUT2D eigenvalue weighted by Crippen LogP contribution is 2.31. The number of hydrogen-bond acceptors (Lipinski definition) is 2. The van der Waals surface area contributed by atoms with E-state index < -0.39 is 36.5 Å². The van der Waals surface area contributed by atoms with Crippen molar-refractivity contribution >= 4 is 11.7 Å². The summed E-state index contributed by atoms with van der Waals surface area (Å²) in [7, 11) is 0. The Bertz CT molecular complexity index is 596. The molecule has 0 radical (unpaired) electrons. The fourth-order valence-corrected chi connectivity index (χ4v) is 2.53. The van der Waals surface area contributed by atoms with Crippen molar-refractivity contribution in [3.8, 4) is 0 Å². The van der Waals surface area contributed by atoms with Gasteiger partial charge in [0.05, 0.1) is 5.56 Å². The molecule has 10 heteroatoms. The second-order valence-corrected chi connectivity index (χ2v) is 5.60. The summed E-state index contributed by atoms with van der Waals surface area (Å²) < 4.78 is 81.5. The first-order valence-corrected chi connectivity index (χ1v) is 7.45. The summed E-state index contributed by atoms with van der Waals surface area (Å²) in [5, 5.41) is 2.12. The van der Waals surface area contributed by atoms with Gasteiger partial charge in [0.15, 0.2) is 0 Å². The molecule has 0 bridgehead atoms. The van der Waals surface area contributed by atoms with Gasteiger partial charge in [-0.25, -0.2) is 4.79 Å². The molecule has 0 atom stereocenters. The highest BCUT2D eigenvalue weighted by molar-refractivity contribution is 5.89. The van der Waals surface area contributed by atoms with Crippen LogP contribution in [0, 0.1) is 0 Å². The van der Waals surface area contributed by atoms with Crippen LogP contribution in [0.25, 0.3) is 0 Å². The Labute approximate surface area is 139 Å². The van der Waals surface area contributed by atoms with Crippen LogP contribution in [0.2, 0.25) is 0 Å². The van der Waals surface area contributed by atoms with Gasteiger partial charge in [0, 0.05) is 24.9 Å². The first-order valence-electron chi connectivity index (χ1n) is 7.45. The smallest absolute Gasteiger partial charge is 0.381 e. The highest BCUT2D eigenvalue weighted by atomic mass is 19.4. The third-order valence-electron chi connectivity index (χ3n) is 3.68. The summed E-state index contributed by atoms with van der Waals surface area (Å²) in [5.41, 5.74) is -1.22. The molecule has 4 nitrogen and oxygen atoms in total. The minimum atomic E-state index is -4.62. The van der Waals surface area contributed by atoms with Crippen molar-refractivity contribution in [1.82, 2.24) is 4.90 Å². The SMILES string of the molecule is O=C(Nc1cccc(C(F)(F)F)c1)N(CC(F)(F)F)C1CCOCC1. The molecular formula is C15H16F6N2O2. The summed E-state index contributed by atoms with van der Waals surface area (Å²) in [6.45, 7) is -1.05. The normalized spacial score (nSPS) is 16.6. The molecule has 0 spiro atoms. The van der Waals surface area contributed by atoms with Crippen LogP contribution in [-0.4, -0.2) is 42.9 Å². The summed E-state index contributed by atoms with van der Waals surface area (Å²) in [6.07, 6.45) is -8.78. The Balaban J connectivity index is 2.16. The quantitative estimate of drug-likeness (QED) is 0.807. The van der Waals surface area contributed by atoms with Crippen molar-refractivity contribution in [2.45, 2.75) is 31.2 Å². The standard InChI is InChI=1S/C15H16F6N2O2/c16-14(17,18)9-23(12-4-6-25-7-5-12)13(24)22-11-3-1-2-10(8-11)15(19,20)21/h1-3,8,12H,4-7,9H2,(H,22,24). The van der Waals surface area contributed by atoms with E-state index in [1.165, 1.54) is 6.07 Å². The molecule has 1 aromatic rings. The van der Waals surface area contributed by atoms with E-state index in [2.05, 4.69) is 5.32 Å². The molecule has 0 unspecified atom stereocenters. The average Bonchev–Trinajstić information content (AvgIpc) is 2.52. The molecule has 2 rings (SSSR count). The van der Waals surface area contributed by atoms with Gasteiger partial charge in [0.1, 0.15) is 6.54 Å². The van der Waals surface area contributed by atoms with E-state index >= 15 is 0 Å². The molecule has 1 aromatic carbocycles. The first kappa shape index (κ1) is 19.4. The van der Waals surface area contributed by atoms with E-state index in [0.717, 1.165) is 12.1 Å². The molecule has 1 aliphatic rings. The topological polar surface area (TPSA) is 41.6 Å². The van der Waals surface area contributed by atoms with Gasteiger partial charge in [-0.15, -0.1) is 0 Å². The summed E-state index contributed by atoms with van der Waals surface area (Å²) >= 11 is 0. The fourth-order valence-electron chi connectivity index (χ4n) is 2.53. The number of urea groups is 1. The number of alkyl halides is 6. The predicted molar refractivity (Wildman–Crippen MR) is 77.1 cm³/mol. The van der Waals surface area contributed by atoms with E-state index in [9.17, 15) is 31.1 Å². The Hall–Kier alpha value is -1.97. The molecule has 1 fully saturated rings. The van der Waals surface area contributed by atoms with Crippen molar-refractivity contribution < 1.29 is 35.9 Å². The van der Waals surface area contributed by atoms with Crippen molar-refractivity contribution in [1.29, 1.82) is 0 Å². The zero-order valence-electron chi connectivity index (χ0n) is 13.0. The van der Waals surface area contributed by atoms with E-state index in [1.807, 2.05) is 0 Å². The predicted octanol–water partition coefficient (Wildman–Crippen LogP) is 4.28. The minimum absolute atomic E-state index is 0.218. The molecular weight excluding hydrogens is 354 g/mol. The van der Waals surface area contributed by atoms with E-state index in [1.54, 1.807) is 0 Å². The van der Waals surface area contributed by atoms with E-state index in [4.69, 9.17) is 4.74 Å². The van der Waals surface area contributed by atoms with Crippen molar-refractivity contribution in [3.05, 3.63) is 29.8 Å². The van der Waals surface area contributed by atoms with Crippen LogP contribution in [0.4, 0.5) is 36.8 Å². The molecule has 2 amide bonds. The van der Waals surface area contributed by atoms with Gasteiger partial charge in [0.2, 0.25) is 0 Å². The number of ether oxygens (including phenoxy) is 1. The van der Waals surface area contributed by atoms with Crippen LogP contribution < -0.4 is 5.32 Å². The Morgan fingerprint density at radius 2 is 1.80 bits per heavy atom. The fraction of sp³-hybridized carbons (Fsp3) is 0.533. The zero-order chi connectivity index (χ0) is 18.7. The monoisotopic (exact) mass is 370 g/mol. The number of carbonyl (C=O) groups excluding carboxylic acids is 1. The number of rotatable bonds is 3. The van der Waals surface area contributed by atoms with Gasteiger partial charge in [-0.2, -0.15) is 26.3 Å². The molecule has 1 saturated heterocycles. The number of carbonyl (C=O) groups is 1. The van der Waals surface area contributed by atoms with Gasteiger partial charge >= 0.3 is 18.4 Å². The third kappa shape index (κ3) is 5.80. The van der Waals surface area contributed by atoms with Crippen molar-refractivity contribution in [3.63, 3.8) is 0 Å². The Kier molecular flexibility index (Phi) is 5.81. The zero-order valence-corrected chi connectivity index (χ0v) is 13.0. The molecule has 1 aliphatic heterocycles. The summed E-state index contributed by atoms with van der Waals surface area (Å²) in [5.74, 6) is 0. The lowest BCUT2D eigenvalue weighted by Gasteiger charge is -2.34. The number of nitrogens with zero attached hydrogens (tertiary/aromatic N) is 1. The van der Waals surface area contributed by atoms with E-state index in [0.29, 0.717) is 11.0 Å². The van der Waals surface area contributed by atoms with Gasteiger partial charge < -0.3 is 15.0 Å². The number of nitrogens with one attached hydrogen (secondary N) is 1. The van der Waals surface area contributed by atoms with Crippen LogP contribution in [0.3, 0.4) is 0 Å². The first-order chi connectivity index (χ1) is 11.6. The van der Waals surface area contributed by atoms with Gasteiger partial charge in [-0.3, -0.25) is 0 Å². The largest absolute Gasteiger partial charge is 0.416 e. The highest BCUT2D eigenvalue weighted by Gasteiger charge is 2.37. The van der Waals surface area contributed by atoms with Gasteiger partial charge in [0.25, 0.3) is 0 Å². The third-order valence-corrected chi connectivity index (χ3v) is 3.68. The van der Waals surface area contributed by atoms with Crippen LogP contribution in [0.5, 0.6) is 0 Å². The van der Waals surface area contributed by atoms with Crippen LogP contribution in [0.15, 0.2) is 24.3 Å². The molecule has 0 aromatic heterocycles. The number of halogens is 6. The van der Waals surface area contributed by atoms with Crippen LogP contribution >= 0.6 is 0 Å². The second-order valence-electron chi connectivity index (χ2n) is 5.60. The molecule has 0 aliphatic carbocycles. The minimum Gasteiger partial charge on any atom is -0.381 e. The molecule has 140 valence electrons. The van der Waals surface area contributed by atoms with Gasteiger partial charge in [-0.1, -0.05) is 6.07 Å². The lowest BCUT2D eigenvalue weighted by molar-refractivity contribution is -0.146. The number of hydrogen-bond donors (Lipinski definition) is 1. The maximum Gasteiger partial charge on any atom is 0.416 e. The van der Waals surface area contributed by atoms with E-state index in [-0.39, 0.29) is 31.7 Å². The second kappa shape index (κ2) is 7.51. The molecule has 1 heterocycles. The van der Waals surface area contributed by atoms with Gasteiger partial charge in [-0.05, 0) is 31.0 Å².